The highest BCUT2D eigenvalue weighted by atomic mass is 79.9. The van der Waals surface area contributed by atoms with Crippen LogP contribution in [0.1, 0.15) is 18.5 Å². The van der Waals surface area contributed by atoms with Crippen molar-refractivity contribution in [1.29, 1.82) is 0 Å². The minimum atomic E-state index is 0.762. The number of anilines is 1. The fraction of sp³-hybridized carbons (Fsp3) is 0.167. The van der Waals surface area contributed by atoms with Gasteiger partial charge in [-0.3, -0.25) is 5.10 Å². The average Bonchev–Trinajstić information content (AvgIpc) is 3.03. The van der Waals surface area contributed by atoms with E-state index in [2.05, 4.69) is 63.3 Å². The molecule has 4 heterocycles. The number of nitrogens with zero attached hydrogens (tertiary/aromatic N) is 4. The summed E-state index contributed by atoms with van der Waals surface area (Å²) in [6, 6.07) is 6.24. The van der Waals surface area contributed by atoms with Crippen LogP contribution in [0.2, 0.25) is 0 Å². The van der Waals surface area contributed by atoms with Crippen LogP contribution in [0.15, 0.2) is 58.0 Å². The van der Waals surface area contributed by atoms with E-state index in [4.69, 9.17) is 0 Å². The lowest BCUT2D eigenvalue weighted by Crippen LogP contribution is -2.06. The molecule has 5 rings (SSSR count). The number of hydrogen-bond donors (Lipinski definition) is 2. The van der Waals surface area contributed by atoms with Gasteiger partial charge in [0.05, 0.1) is 5.56 Å². The number of imidazole rings is 1. The molecule has 1 saturated carbocycles. The molecule has 0 aliphatic heterocycles. The third-order valence-electron chi connectivity index (χ3n) is 4.46. The molecule has 130 valence electrons. The largest absolute Gasteiger partial charge is 0.350 e. The second-order valence-corrected chi connectivity index (χ2v) is 7.91. The molecule has 1 aliphatic rings. The maximum atomic E-state index is 4.39. The third-order valence-corrected chi connectivity index (χ3v) is 6.28. The Bertz CT molecular complexity index is 1100. The van der Waals surface area contributed by atoms with E-state index in [9.17, 15) is 0 Å². The van der Waals surface area contributed by atoms with E-state index in [1.165, 1.54) is 23.3 Å². The van der Waals surface area contributed by atoms with Crippen molar-refractivity contribution < 1.29 is 0 Å². The number of H-pyrrole nitrogens is 1. The molecular formula is C18H15BrN6S. The first kappa shape index (κ1) is 15.8. The highest BCUT2D eigenvalue weighted by Crippen LogP contribution is 2.41. The number of fused-ring (bicyclic) bond motifs is 1. The van der Waals surface area contributed by atoms with Crippen LogP contribution < -0.4 is 5.32 Å². The van der Waals surface area contributed by atoms with Gasteiger partial charge in [0.1, 0.15) is 17.0 Å². The predicted octanol–water partition coefficient (Wildman–Crippen LogP) is 4.65. The second kappa shape index (κ2) is 6.37. The molecule has 1 fully saturated rings. The van der Waals surface area contributed by atoms with Gasteiger partial charge in [-0.15, -0.1) is 11.3 Å². The normalized spacial score (nSPS) is 13.3. The standard InChI is InChI=1S/C18H15BrN6S/c19-13-9-26-18(16(13)17-21-10-22-24-17)23-14(11-4-5-11)8-12-2-1-3-15-20-6-7-25(12)15/h1-3,6-7,9-10,23H,4-5,8H2,(H,21,22,24). The smallest absolute Gasteiger partial charge is 0.159 e. The fourth-order valence-electron chi connectivity index (χ4n) is 3.07. The van der Waals surface area contributed by atoms with Crippen LogP contribution in [0.25, 0.3) is 17.0 Å². The van der Waals surface area contributed by atoms with Gasteiger partial charge in [0.15, 0.2) is 5.82 Å². The van der Waals surface area contributed by atoms with Gasteiger partial charge >= 0.3 is 0 Å². The molecule has 0 atom stereocenters. The summed E-state index contributed by atoms with van der Waals surface area (Å²) in [6.45, 7) is 0. The molecule has 0 radical (unpaired) electrons. The first-order valence-electron chi connectivity index (χ1n) is 8.31. The SMILES string of the molecule is Brc1csc(NC(Cc2cccc3nccn23)=C2CC2)c1-c1ncn[nH]1. The van der Waals surface area contributed by atoms with E-state index >= 15 is 0 Å². The molecule has 26 heavy (non-hydrogen) atoms. The van der Waals surface area contributed by atoms with E-state index in [1.807, 2.05) is 18.5 Å². The fourth-order valence-corrected chi connectivity index (χ4v) is 4.71. The Labute approximate surface area is 162 Å². The van der Waals surface area contributed by atoms with Crippen molar-refractivity contribution in [2.24, 2.45) is 0 Å². The molecule has 0 bridgehead atoms. The molecule has 8 heteroatoms. The number of nitrogens with one attached hydrogen (secondary N) is 2. The van der Waals surface area contributed by atoms with Crippen molar-refractivity contribution in [3.05, 3.63) is 63.7 Å². The van der Waals surface area contributed by atoms with Crippen molar-refractivity contribution in [2.75, 3.05) is 5.32 Å². The molecule has 0 amide bonds. The third kappa shape index (κ3) is 2.85. The van der Waals surface area contributed by atoms with Crippen molar-refractivity contribution in [3.8, 4) is 11.4 Å². The van der Waals surface area contributed by atoms with E-state index in [0.717, 1.165) is 45.8 Å². The summed E-state index contributed by atoms with van der Waals surface area (Å²) in [4.78, 5) is 8.69. The Morgan fingerprint density at radius 1 is 1.31 bits per heavy atom. The molecule has 0 unspecified atom stereocenters. The summed E-state index contributed by atoms with van der Waals surface area (Å²) in [5, 5.41) is 13.8. The number of hydrogen-bond acceptors (Lipinski definition) is 5. The first-order chi connectivity index (χ1) is 12.8. The Morgan fingerprint density at radius 3 is 3.04 bits per heavy atom. The Kier molecular flexibility index (Phi) is 3.86. The summed E-state index contributed by atoms with van der Waals surface area (Å²) in [6.07, 6.45) is 8.55. The van der Waals surface area contributed by atoms with Crippen molar-refractivity contribution in [3.63, 3.8) is 0 Å². The first-order valence-corrected chi connectivity index (χ1v) is 9.98. The Balaban J connectivity index is 1.49. The average molecular weight is 427 g/mol. The maximum absolute atomic E-state index is 4.39. The summed E-state index contributed by atoms with van der Waals surface area (Å²) >= 11 is 5.29. The van der Waals surface area contributed by atoms with Crippen LogP contribution in [-0.2, 0) is 6.42 Å². The van der Waals surface area contributed by atoms with Gasteiger partial charge in [0.25, 0.3) is 0 Å². The van der Waals surface area contributed by atoms with Crippen LogP contribution in [0.5, 0.6) is 0 Å². The van der Waals surface area contributed by atoms with E-state index in [1.54, 1.807) is 11.3 Å². The number of aromatic nitrogens is 5. The van der Waals surface area contributed by atoms with Gasteiger partial charge in [-0.05, 0) is 46.5 Å². The van der Waals surface area contributed by atoms with Crippen LogP contribution in [0.3, 0.4) is 0 Å². The number of aromatic amines is 1. The molecule has 0 spiro atoms. The molecule has 0 saturated heterocycles. The number of halogens is 1. The minimum absolute atomic E-state index is 0.762. The molecular weight excluding hydrogens is 412 g/mol. The lowest BCUT2D eigenvalue weighted by molar-refractivity contribution is 0.991. The van der Waals surface area contributed by atoms with Gasteiger partial charge in [0, 0.05) is 40.1 Å². The molecule has 1 aliphatic carbocycles. The number of rotatable bonds is 5. The lowest BCUT2D eigenvalue weighted by atomic mass is 10.2. The summed E-state index contributed by atoms with van der Waals surface area (Å²) in [5.74, 6) is 0.762. The van der Waals surface area contributed by atoms with Crippen LogP contribution in [-0.4, -0.2) is 24.6 Å². The van der Waals surface area contributed by atoms with Gasteiger partial charge in [-0.1, -0.05) is 6.07 Å². The number of thiophene rings is 1. The molecule has 4 aromatic rings. The highest BCUT2D eigenvalue weighted by molar-refractivity contribution is 9.10. The molecule has 4 aromatic heterocycles. The molecule has 2 N–H and O–H groups in total. The summed E-state index contributed by atoms with van der Waals surface area (Å²) in [7, 11) is 0. The van der Waals surface area contributed by atoms with Crippen LogP contribution >= 0.6 is 27.3 Å². The van der Waals surface area contributed by atoms with Gasteiger partial charge in [-0.2, -0.15) is 5.10 Å². The van der Waals surface area contributed by atoms with Gasteiger partial charge in [-0.25, -0.2) is 9.97 Å². The quantitative estimate of drug-likeness (QED) is 0.487. The van der Waals surface area contributed by atoms with Crippen molar-refractivity contribution >= 4 is 37.9 Å². The monoisotopic (exact) mass is 426 g/mol. The highest BCUT2D eigenvalue weighted by Gasteiger charge is 2.22. The summed E-state index contributed by atoms with van der Waals surface area (Å²) in [5.41, 5.74) is 5.96. The zero-order valence-corrected chi connectivity index (χ0v) is 16.1. The Hall–Kier alpha value is -2.45. The zero-order chi connectivity index (χ0) is 17.5. The zero-order valence-electron chi connectivity index (χ0n) is 13.7. The predicted molar refractivity (Wildman–Crippen MR) is 106 cm³/mol. The van der Waals surface area contributed by atoms with Gasteiger partial charge in [0.2, 0.25) is 0 Å². The van der Waals surface area contributed by atoms with E-state index < -0.39 is 0 Å². The summed E-state index contributed by atoms with van der Waals surface area (Å²) < 4.78 is 3.16. The molecule has 6 nitrogen and oxygen atoms in total. The second-order valence-electron chi connectivity index (χ2n) is 6.18. The minimum Gasteiger partial charge on any atom is -0.350 e. The topological polar surface area (TPSA) is 70.9 Å². The van der Waals surface area contributed by atoms with Crippen molar-refractivity contribution in [2.45, 2.75) is 19.3 Å². The number of allylic oxidation sites excluding steroid dienone is 2. The lowest BCUT2D eigenvalue weighted by Gasteiger charge is -2.13. The van der Waals surface area contributed by atoms with Gasteiger partial charge < -0.3 is 9.72 Å². The van der Waals surface area contributed by atoms with Crippen LogP contribution in [0, 0.1) is 0 Å². The van der Waals surface area contributed by atoms with Crippen LogP contribution in [0.4, 0.5) is 5.00 Å². The Morgan fingerprint density at radius 2 is 2.23 bits per heavy atom. The van der Waals surface area contributed by atoms with E-state index in [0.29, 0.717) is 0 Å². The number of pyridine rings is 1. The molecule has 0 aromatic carbocycles. The van der Waals surface area contributed by atoms with E-state index in [-0.39, 0.29) is 0 Å². The van der Waals surface area contributed by atoms with Crippen molar-refractivity contribution in [1.82, 2.24) is 24.6 Å². The maximum Gasteiger partial charge on any atom is 0.159 e.